The van der Waals surface area contributed by atoms with Gasteiger partial charge in [-0.1, -0.05) is 12.1 Å². The summed E-state index contributed by atoms with van der Waals surface area (Å²) in [6.45, 7) is 1.30. The highest BCUT2D eigenvalue weighted by atomic mass is 32.2. The maximum absolute atomic E-state index is 11.5. The monoisotopic (exact) mass is 285 g/mol. The molecule has 106 valence electrons. The van der Waals surface area contributed by atoms with Gasteiger partial charge in [0.05, 0.1) is 26.1 Å². The summed E-state index contributed by atoms with van der Waals surface area (Å²) >= 11 is 0. The molecule has 0 aromatic heterocycles. The number of benzene rings is 1. The minimum Gasteiger partial charge on any atom is -0.497 e. The van der Waals surface area contributed by atoms with Gasteiger partial charge in [0.2, 0.25) is 10.0 Å². The van der Waals surface area contributed by atoms with Crippen molar-refractivity contribution in [2.45, 2.75) is 12.5 Å². The Kier molecular flexibility index (Phi) is 4.44. The van der Waals surface area contributed by atoms with Crippen molar-refractivity contribution in [1.82, 2.24) is 4.31 Å². The summed E-state index contributed by atoms with van der Waals surface area (Å²) < 4.78 is 35.3. The van der Waals surface area contributed by atoms with Crippen LogP contribution < -0.4 is 4.74 Å². The molecule has 0 radical (unpaired) electrons. The second-order valence-corrected chi connectivity index (χ2v) is 6.65. The lowest BCUT2D eigenvalue weighted by atomic mass is 10.1. The lowest BCUT2D eigenvalue weighted by Crippen LogP contribution is -2.45. The van der Waals surface area contributed by atoms with Crippen molar-refractivity contribution in [3.8, 4) is 5.75 Å². The molecule has 0 unspecified atom stereocenters. The molecule has 1 fully saturated rings. The maximum Gasteiger partial charge on any atom is 0.211 e. The number of sulfonamides is 1. The molecule has 0 amide bonds. The highest BCUT2D eigenvalue weighted by Crippen LogP contribution is 2.17. The standard InChI is InChI=1S/C13H19NO4S/c1-17-12-5-3-4-11(8-12)9-13-10-14(6-7-18-13)19(2,15)16/h3-5,8,13H,6-7,9-10H2,1-2H3/t13-/m0/s1. The van der Waals surface area contributed by atoms with E-state index in [1.54, 1.807) is 7.11 Å². The number of morpholine rings is 1. The zero-order chi connectivity index (χ0) is 13.9. The maximum atomic E-state index is 11.5. The van der Waals surface area contributed by atoms with Crippen molar-refractivity contribution in [1.29, 1.82) is 0 Å². The quantitative estimate of drug-likeness (QED) is 0.825. The summed E-state index contributed by atoms with van der Waals surface area (Å²) in [7, 11) is -1.51. The lowest BCUT2D eigenvalue weighted by Gasteiger charge is -2.31. The third kappa shape index (κ3) is 3.92. The first-order valence-electron chi connectivity index (χ1n) is 6.18. The third-order valence-electron chi connectivity index (χ3n) is 3.17. The van der Waals surface area contributed by atoms with E-state index in [0.29, 0.717) is 26.1 Å². The van der Waals surface area contributed by atoms with Gasteiger partial charge in [-0.3, -0.25) is 0 Å². The molecule has 1 aromatic rings. The van der Waals surface area contributed by atoms with Gasteiger partial charge in [0.1, 0.15) is 5.75 Å². The number of rotatable bonds is 4. The van der Waals surface area contributed by atoms with E-state index in [-0.39, 0.29) is 6.10 Å². The van der Waals surface area contributed by atoms with Crippen molar-refractivity contribution in [2.75, 3.05) is 33.1 Å². The Morgan fingerprint density at radius 3 is 2.95 bits per heavy atom. The summed E-state index contributed by atoms with van der Waals surface area (Å²) in [5.74, 6) is 0.799. The molecule has 5 nitrogen and oxygen atoms in total. The average Bonchev–Trinajstić information content (AvgIpc) is 2.38. The minimum absolute atomic E-state index is 0.101. The van der Waals surface area contributed by atoms with Crippen LogP contribution in [0.1, 0.15) is 5.56 Å². The summed E-state index contributed by atoms with van der Waals surface area (Å²) in [6.07, 6.45) is 1.82. The van der Waals surface area contributed by atoms with Gasteiger partial charge in [-0.2, -0.15) is 4.31 Å². The minimum atomic E-state index is -3.14. The van der Waals surface area contributed by atoms with Crippen LogP contribution in [0.4, 0.5) is 0 Å². The molecule has 6 heteroatoms. The molecule has 0 aliphatic carbocycles. The Morgan fingerprint density at radius 1 is 1.47 bits per heavy atom. The lowest BCUT2D eigenvalue weighted by molar-refractivity contribution is -0.000303. The summed E-state index contributed by atoms with van der Waals surface area (Å²) in [4.78, 5) is 0. The highest BCUT2D eigenvalue weighted by molar-refractivity contribution is 7.88. The van der Waals surface area contributed by atoms with Gasteiger partial charge in [0.25, 0.3) is 0 Å². The second-order valence-electron chi connectivity index (χ2n) is 4.67. The Balaban J connectivity index is 2.02. The van der Waals surface area contributed by atoms with E-state index >= 15 is 0 Å². The van der Waals surface area contributed by atoms with E-state index in [1.165, 1.54) is 10.6 Å². The van der Waals surface area contributed by atoms with E-state index in [9.17, 15) is 8.42 Å². The average molecular weight is 285 g/mol. The van der Waals surface area contributed by atoms with Crippen molar-refractivity contribution >= 4 is 10.0 Å². The van der Waals surface area contributed by atoms with E-state index in [0.717, 1.165) is 11.3 Å². The predicted molar refractivity (Wildman–Crippen MR) is 72.9 cm³/mol. The smallest absolute Gasteiger partial charge is 0.211 e. The summed E-state index contributed by atoms with van der Waals surface area (Å²) in [5, 5.41) is 0. The normalized spacial score (nSPS) is 21.3. The first-order chi connectivity index (χ1) is 8.99. The SMILES string of the molecule is COc1cccc(C[C@H]2CN(S(C)(=O)=O)CCO2)c1. The van der Waals surface area contributed by atoms with Crippen LogP contribution in [-0.4, -0.2) is 51.9 Å². The molecule has 1 aliphatic rings. The second kappa shape index (κ2) is 5.90. The molecule has 1 heterocycles. The van der Waals surface area contributed by atoms with Crippen LogP contribution in [0, 0.1) is 0 Å². The Morgan fingerprint density at radius 2 is 2.26 bits per heavy atom. The Bertz CT molecular complexity index is 529. The molecular formula is C13H19NO4S. The first-order valence-corrected chi connectivity index (χ1v) is 8.03. The van der Waals surface area contributed by atoms with Crippen LogP contribution >= 0.6 is 0 Å². The molecule has 0 bridgehead atoms. The van der Waals surface area contributed by atoms with Crippen LogP contribution in [0.2, 0.25) is 0 Å². The Labute approximate surface area is 114 Å². The van der Waals surface area contributed by atoms with Crippen molar-refractivity contribution in [3.05, 3.63) is 29.8 Å². The third-order valence-corrected chi connectivity index (χ3v) is 4.44. The summed E-state index contributed by atoms with van der Waals surface area (Å²) in [6, 6.07) is 7.74. The molecule has 1 saturated heterocycles. The zero-order valence-electron chi connectivity index (χ0n) is 11.2. The van der Waals surface area contributed by atoms with Crippen LogP contribution in [0.5, 0.6) is 5.75 Å². The predicted octanol–water partition coefficient (Wildman–Crippen LogP) is 0.898. The molecule has 19 heavy (non-hydrogen) atoms. The zero-order valence-corrected chi connectivity index (χ0v) is 12.0. The molecule has 1 atom stereocenters. The largest absolute Gasteiger partial charge is 0.497 e. The molecule has 0 saturated carbocycles. The van der Waals surface area contributed by atoms with Gasteiger partial charge in [0, 0.05) is 19.5 Å². The molecule has 0 spiro atoms. The number of methoxy groups -OCH3 is 1. The van der Waals surface area contributed by atoms with E-state index in [4.69, 9.17) is 9.47 Å². The topological polar surface area (TPSA) is 55.8 Å². The first kappa shape index (κ1) is 14.3. The highest BCUT2D eigenvalue weighted by Gasteiger charge is 2.26. The number of hydrogen-bond donors (Lipinski definition) is 0. The van der Waals surface area contributed by atoms with E-state index in [1.807, 2.05) is 24.3 Å². The number of hydrogen-bond acceptors (Lipinski definition) is 4. The fraction of sp³-hybridized carbons (Fsp3) is 0.538. The van der Waals surface area contributed by atoms with Crippen LogP contribution in [0.3, 0.4) is 0 Å². The Hall–Kier alpha value is -1.11. The van der Waals surface area contributed by atoms with Crippen LogP contribution in [0.25, 0.3) is 0 Å². The molecular weight excluding hydrogens is 266 g/mol. The van der Waals surface area contributed by atoms with Crippen molar-refractivity contribution < 1.29 is 17.9 Å². The van der Waals surface area contributed by atoms with Gasteiger partial charge >= 0.3 is 0 Å². The van der Waals surface area contributed by atoms with Crippen LogP contribution in [-0.2, 0) is 21.2 Å². The molecule has 1 aromatic carbocycles. The fourth-order valence-corrected chi connectivity index (χ4v) is 3.02. The van der Waals surface area contributed by atoms with Gasteiger partial charge in [-0.25, -0.2) is 8.42 Å². The van der Waals surface area contributed by atoms with Gasteiger partial charge in [-0.15, -0.1) is 0 Å². The van der Waals surface area contributed by atoms with E-state index in [2.05, 4.69) is 0 Å². The fourth-order valence-electron chi connectivity index (χ4n) is 2.18. The van der Waals surface area contributed by atoms with Crippen molar-refractivity contribution in [3.63, 3.8) is 0 Å². The van der Waals surface area contributed by atoms with Gasteiger partial charge in [-0.05, 0) is 17.7 Å². The van der Waals surface area contributed by atoms with Gasteiger partial charge in [0.15, 0.2) is 0 Å². The van der Waals surface area contributed by atoms with E-state index < -0.39 is 10.0 Å². The van der Waals surface area contributed by atoms with Crippen molar-refractivity contribution in [2.24, 2.45) is 0 Å². The summed E-state index contributed by atoms with van der Waals surface area (Å²) in [5.41, 5.74) is 1.08. The van der Waals surface area contributed by atoms with Gasteiger partial charge < -0.3 is 9.47 Å². The molecule has 1 aliphatic heterocycles. The number of ether oxygens (including phenoxy) is 2. The molecule has 2 rings (SSSR count). The van der Waals surface area contributed by atoms with Crippen LogP contribution in [0.15, 0.2) is 24.3 Å². The molecule has 0 N–H and O–H groups in total. The number of nitrogens with zero attached hydrogens (tertiary/aromatic N) is 1.